The molecule has 1 saturated heterocycles. The number of aliphatic imine (C=N–C) groups is 1. The van der Waals surface area contributed by atoms with Crippen molar-refractivity contribution >= 4 is 34.6 Å². The van der Waals surface area contributed by atoms with Gasteiger partial charge in [-0.15, -0.1) is 0 Å². The monoisotopic (exact) mass is 368 g/mol. The van der Waals surface area contributed by atoms with Crippen LogP contribution in [0.3, 0.4) is 0 Å². The van der Waals surface area contributed by atoms with Crippen molar-refractivity contribution in [2.45, 2.75) is 20.3 Å². The second-order valence-electron chi connectivity index (χ2n) is 5.66. The first-order valence-electron chi connectivity index (χ1n) is 8.43. The Morgan fingerprint density at radius 3 is 2.65 bits per heavy atom. The van der Waals surface area contributed by atoms with E-state index in [4.69, 9.17) is 4.74 Å². The summed E-state index contributed by atoms with van der Waals surface area (Å²) in [5.41, 5.74) is 2.82. The Balaban J connectivity index is 1.79. The minimum absolute atomic E-state index is 0.0790. The maximum Gasteiger partial charge on any atom is 0.264 e. The van der Waals surface area contributed by atoms with Crippen molar-refractivity contribution in [3.05, 3.63) is 58.5 Å². The molecule has 0 saturated carbocycles. The second kappa shape index (κ2) is 8.10. The number of nitrogens with zero attached hydrogens (tertiary/aromatic N) is 1. The number of phenolic OH excluding ortho intramolecular Hbond substituents is 1. The fourth-order valence-corrected chi connectivity index (χ4v) is 3.29. The number of rotatable bonds is 5. The molecule has 2 aromatic carbocycles. The quantitative estimate of drug-likeness (QED) is 0.774. The Bertz CT molecular complexity index is 873. The molecule has 1 aliphatic rings. The van der Waals surface area contributed by atoms with Gasteiger partial charge in [0.1, 0.15) is 0 Å². The number of phenols is 1. The van der Waals surface area contributed by atoms with Crippen molar-refractivity contribution in [2.24, 2.45) is 4.99 Å². The van der Waals surface area contributed by atoms with Crippen molar-refractivity contribution in [1.29, 1.82) is 0 Å². The largest absolute Gasteiger partial charge is 0.504 e. The minimum atomic E-state index is -0.190. The standard InChI is InChI=1S/C20H20N2O3S/c1-3-13-5-8-15(9-6-13)21-20-22-19(24)18(26-20)12-14-7-10-16(23)17(11-14)25-4-2/h5-12,23H,3-4H2,1-2H3,(H,21,22,24)/b18-12+. The summed E-state index contributed by atoms with van der Waals surface area (Å²) in [6.07, 6.45) is 2.73. The molecular weight excluding hydrogens is 348 g/mol. The van der Waals surface area contributed by atoms with Crippen LogP contribution in [0.1, 0.15) is 25.0 Å². The van der Waals surface area contributed by atoms with Crippen LogP contribution < -0.4 is 10.1 Å². The van der Waals surface area contributed by atoms with Gasteiger partial charge in [-0.25, -0.2) is 4.99 Å². The number of hydrogen-bond donors (Lipinski definition) is 2. The van der Waals surface area contributed by atoms with Crippen LogP contribution in [-0.2, 0) is 11.2 Å². The highest BCUT2D eigenvalue weighted by Gasteiger charge is 2.23. The summed E-state index contributed by atoms with van der Waals surface area (Å²) >= 11 is 1.29. The van der Waals surface area contributed by atoms with E-state index in [1.165, 1.54) is 17.3 Å². The van der Waals surface area contributed by atoms with Gasteiger partial charge >= 0.3 is 0 Å². The van der Waals surface area contributed by atoms with E-state index in [9.17, 15) is 9.90 Å². The Morgan fingerprint density at radius 1 is 1.19 bits per heavy atom. The molecule has 0 spiro atoms. The molecule has 26 heavy (non-hydrogen) atoms. The van der Waals surface area contributed by atoms with Gasteiger partial charge in [0.2, 0.25) is 0 Å². The summed E-state index contributed by atoms with van der Waals surface area (Å²) in [5, 5.41) is 13.1. The van der Waals surface area contributed by atoms with Crippen molar-refractivity contribution in [3.8, 4) is 11.5 Å². The SMILES string of the molecule is CCOc1cc(/C=C2/SC(=Nc3ccc(CC)cc3)NC2=O)ccc1O. The normalized spacial score (nSPS) is 16.9. The lowest BCUT2D eigenvalue weighted by molar-refractivity contribution is -0.115. The average Bonchev–Trinajstić information content (AvgIpc) is 2.98. The van der Waals surface area contributed by atoms with Gasteiger partial charge in [-0.1, -0.05) is 25.1 Å². The number of aromatic hydroxyl groups is 1. The molecule has 1 amide bonds. The van der Waals surface area contributed by atoms with Gasteiger partial charge in [0.25, 0.3) is 5.91 Å². The predicted octanol–water partition coefficient (Wildman–Crippen LogP) is 4.24. The maximum atomic E-state index is 12.2. The van der Waals surface area contributed by atoms with Crippen molar-refractivity contribution < 1.29 is 14.6 Å². The van der Waals surface area contributed by atoms with Crippen molar-refractivity contribution in [2.75, 3.05) is 6.61 Å². The molecule has 0 bridgehead atoms. The van der Waals surface area contributed by atoms with Crippen LogP contribution in [0.15, 0.2) is 52.4 Å². The number of hydrogen-bond acceptors (Lipinski definition) is 5. The van der Waals surface area contributed by atoms with E-state index in [1.54, 1.807) is 24.3 Å². The minimum Gasteiger partial charge on any atom is -0.504 e. The third-order valence-electron chi connectivity index (χ3n) is 3.81. The van der Waals surface area contributed by atoms with Gasteiger partial charge < -0.3 is 15.2 Å². The van der Waals surface area contributed by atoms with E-state index in [0.29, 0.717) is 22.4 Å². The molecule has 1 fully saturated rings. The number of benzene rings is 2. The number of thioether (sulfide) groups is 1. The summed E-state index contributed by atoms with van der Waals surface area (Å²) in [6, 6.07) is 12.9. The number of ether oxygens (including phenoxy) is 1. The van der Waals surface area contributed by atoms with Crippen LogP contribution >= 0.6 is 11.8 Å². The van der Waals surface area contributed by atoms with E-state index in [-0.39, 0.29) is 11.7 Å². The first-order chi connectivity index (χ1) is 12.6. The molecule has 134 valence electrons. The molecule has 6 heteroatoms. The molecule has 0 atom stereocenters. The van der Waals surface area contributed by atoms with Crippen LogP contribution in [0.25, 0.3) is 6.08 Å². The van der Waals surface area contributed by atoms with Gasteiger partial charge in [0.05, 0.1) is 17.2 Å². The molecule has 5 nitrogen and oxygen atoms in total. The number of carbonyl (C=O) groups is 1. The summed E-state index contributed by atoms with van der Waals surface area (Å²) < 4.78 is 5.38. The van der Waals surface area contributed by atoms with Crippen LogP contribution in [-0.4, -0.2) is 22.8 Å². The molecule has 2 N–H and O–H groups in total. The molecule has 0 radical (unpaired) electrons. The number of amides is 1. The van der Waals surface area contributed by atoms with Crippen LogP contribution in [0, 0.1) is 0 Å². The third-order valence-corrected chi connectivity index (χ3v) is 4.72. The molecule has 0 aromatic heterocycles. The number of nitrogens with one attached hydrogen (secondary N) is 1. The number of carbonyl (C=O) groups excluding carboxylic acids is 1. The molecule has 1 aliphatic heterocycles. The summed E-state index contributed by atoms with van der Waals surface area (Å²) in [5.74, 6) is 0.287. The van der Waals surface area contributed by atoms with E-state index >= 15 is 0 Å². The van der Waals surface area contributed by atoms with Crippen molar-refractivity contribution in [3.63, 3.8) is 0 Å². The molecule has 0 unspecified atom stereocenters. The average molecular weight is 368 g/mol. The molecule has 1 heterocycles. The number of amidine groups is 1. The van der Waals surface area contributed by atoms with Crippen molar-refractivity contribution in [1.82, 2.24) is 5.32 Å². The Morgan fingerprint density at radius 2 is 1.96 bits per heavy atom. The van der Waals surface area contributed by atoms with Gasteiger partial charge in [0.15, 0.2) is 16.7 Å². The molecular formula is C20H20N2O3S. The zero-order valence-corrected chi connectivity index (χ0v) is 15.5. The zero-order valence-electron chi connectivity index (χ0n) is 14.7. The van der Waals surface area contributed by atoms with Crippen LogP contribution in [0.5, 0.6) is 11.5 Å². The lowest BCUT2D eigenvalue weighted by Gasteiger charge is -2.06. The van der Waals surface area contributed by atoms with E-state index in [1.807, 2.05) is 31.2 Å². The van der Waals surface area contributed by atoms with Gasteiger partial charge in [-0.2, -0.15) is 0 Å². The van der Waals surface area contributed by atoms with Gasteiger partial charge in [-0.3, -0.25) is 4.79 Å². The van der Waals surface area contributed by atoms with E-state index in [0.717, 1.165) is 17.7 Å². The number of aryl methyl sites for hydroxylation is 1. The van der Waals surface area contributed by atoms with Gasteiger partial charge in [-0.05, 0) is 66.6 Å². The Labute approximate surface area is 156 Å². The molecule has 3 rings (SSSR count). The Hall–Kier alpha value is -2.73. The highest BCUT2D eigenvalue weighted by Crippen LogP contribution is 2.31. The van der Waals surface area contributed by atoms with Crippen LogP contribution in [0.2, 0.25) is 0 Å². The van der Waals surface area contributed by atoms with Crippen LogP contribution in [0.4, 0.5) is 5.69 Å². The highest BCUT2D eigenvalue weighted by molar-refractivity contribution is 8.18. The first kappa shape index (κ1) is 18.1. The Kier molecular flexibility index (Phi) is 5.63. The fourth-order valence-electron chi connectivity index (χ4n) is 2.45. The smallest absolute Gasteiger partial charge is 0.264 e. The lowest BCUT2D eigenvalue weighted by atomic mass is 10.2. The summed E-state index contributed by atoms with van der Waals surface area (Å²) in [6.45, 7) is 4.41. The second-order valence-corrected chi connectivity index (χ2v) is 6.69. The maximum absolute atomic E-state index is 12.2. The summed E-state index contributed by atoms with van der Waals surface area (Å²) in [7, 11) is 0. The molecule has 2 aromatic rings. The third kappa shape index (κ3) is 4.26. The lowest BCUT2D eigenvalue weighted by Crippen LogP contribution is -2.19. The summed E-state index contributed by atoms with van der Waals surface area (Å²) in [4.78, 5) is 17.2. The topological polar surface area (TPSA) is 70.9 Å². The molecule has 0 aliphatic carbocycles. The van der Waals surface area contributed by atoms with E-state index in [2.05, 4.69) is 17.2 Å². The highest BCUT2D eigenvalue weighted by atomic mass is 32.2. The zero-order chi connectivity index (χ0) is 18.5. The van der Waals surface area contributed by atoms with E-state index < -0.39 is 0 Å². The predicted molar refractivity (Wildman–Crippen MR) is 106 cm³/mol. The van der Waals surface area contributed by atoms with Gasteiger partial charge in [0, 0.05) is 0 Å². The fraction of sp³-hybridized carbons (Fsp3) is 0.200. The first-order valence-corrected chi connectivity index (χ1v) is 9.25.